The average molecular weight is 545 g/mol. The van der Waals surface area contributed by atoms with E-state index >= 15 is 0 Å². The molecule has 2 aromatic carbocycles. The molecule has 1 heterocycles. The van der Waals surface area contributed by atoms with Gasteiger partial charge in [0.1, 0.15) is 5.82 Å². The maximum Gasteiger partial charge on any atom is 0.416 e. The molecule has 0 aromatic heterocycles. The number of likely N-dealkylation sites (tertiary alicyclic amines) is 1. The Morgan fingerprint density at radius 3 is 2.08 bits per heavy atom. The molecule has 2 fully saturated rings. The van der Waals surface area contributed by atoms with E-state index in [1.165, 1.54) is 28.0 Å². The van der Waals surface area contributed by atoms with Gasteiger partial charge in [-0.3, -0.25) is 4.79 Å². The first-order chi connectivity index (χ1) is 17.6. The van der Waals surface area contributed by atoms with Crippen LogP contribution < -0.4 is 5.73 Å². The number of carbonyl (C=O) groups is 2. The number of rotatable bonds is 5. The number of urea groups is 1. The van der Waals surface area contributed by atoms with Crippen LogP contribution in [0.2, 0.25) is 0 Å². The Kier molecular flexibility index (Phi) is 7.37. The van der Waals surface area contributed by atoms with Gasteiger partial charge in [0.25, 0.3) is 0 Å². The summed E-state index contributed by atoms with van der Waals surface area (Å²) in [5, 5.41) is 0. The van der Waals surface area contributed by atoms with E-state index < -0.39 is 59.6 Å². The molecule has 2 N–H and O–H groups in total. The van der Waals surface area contributed by atoms with Crippen molar-refractivity contribution in [3.63, 3.8) is 0 Å². The van der Waals surface area contributed by atoms with E-state index in [-0.39, 0.29) is 37.2 Å². The van der Waals surface area contributed by atoms with E-state index in [0.29, 0.717) is 36.1 Å². The predicted octanol–water partition coefficient (Wildman–Crippen LogP) is 5.85. The van der Waals surface area contributed by atoms with Gasteiger partial charge in [0.2, 0.25) is 5.91 Å². The number of halogens is 7. The minimum absolute atomic E-state index is 0.0552. The lowest BCUT2D eigenvalue weighted by Gasteiger charge is -2.40. The van der Waals surface area contributed by atoms with Gasteiger partial charge in [-0.05, 0) is 73.2 Å². The van der Waals surface area contributed by atoms with E-state index in [4.69, 9.17) is 5.73 Å². The van der Waals surface area contributed by atoms with Gasteiger partial charge in [0, 0.05) is 37.5 Å². The predicted molar refractivity (Wildman–Crippen MR) is 123 cm³/mol. The van der Waals surface area contributed by atoms with Gasteiger partial charge in [-0.2, -0.15) is 26.3 Å². The van der Waals surface area contributed by atoms with E-state index in [1.54, 1.807) is 6.92 Å². The highest BCUT2D eigenvalue weighted by molar-refractivity contribution is 5.81. The molecule has 3 amide bonds. The molecule has 5 nitrogen and oxygen atoms in total. The molecule has 206 valence electrons. The second kappa shape index (κ2) is 10.1. The van der Waals surface area contributed by atoms with Crippen LogP contribution in [0.25, 0.3) is 0 Å². The van der Waals surface area contributed by atoms with Crippen molar-refractivity contribution in [3.05, 3.63) is 70.0 Å². The molecule has 2 atom stereocenters. The molecule has 0 bridgehead atoms. The number of hydrogen-bond acceptors (Lipinski definition) is 2. The number of hydrogen-bond donors (Lipinski definition) is 1. The fourth-order valence-corrected chi connectivity index (χ4v) is 5.11. The van der Waals surface area contributed by atoms with Crippen molar-refractivity contribution < 1.29 is 40.3 Å². The molecule has 1 aliphatic heterocycles. The lowest BCUT2D eigenvalue weighted by Crippen LogP contribution is -2.50. The summed E-state index contributed by atoms with van der Waals surface area (Å²) in [7, 11) is 0. The molecule has 2 aliphatic rings. The minimum Gasteiger partial charge on any atom is -0.351 e. The van der Waals surface area contributed by atoms with Crippen molar-refractivity contribution in [1.29, 1.82) is 0 Å². The number of alkyl halides is 6. The third-order valence-electron chi connectivity index (χ3n) is 7.14. The Morgan fingerprint density at radius 1 is 0.974 bits per heavy atom. The number of carbonyl (C=O) groups excluding carboxylic acids is 2. The fraction of sp³-hybridized carbons (Fsp3) is 0.462. The highest BCUT2D eigenvalue weighted by Gasteiger charge is 2.43. The first-order valence-electron chi connectivity index (χ1n) is 12.0. The van der Waals surface area contributed by atoms with Crippen molar-refractivity contribution in [1.82, 2.24) is 9.80 Å². The monoisotopic (exact) mass is 545 g/mol. The standard InChI is InChI=1S/C26H26F7N3O2/c1-14-8-18(27)2-5-20(14)22-13-35(24(34)38)7-6-21(22)23(37)36(19-3-4-19)12-15-9-16(25(28,29)30)11-17(10-15)26(31,32)33/h2,5,8-11,19,21-22H,3-4,6-7,12-13H2,1H3,(H2,34,38)/t21-,22+/m1/s1. The summed E-state index contributed by atoms with van der Waals surface area (Å²) in [6.45, 7) is 1.45. The maximum atomic E-state index is 13.9. The van der Waals surface area contributed by atoms with E-state index in [9.17, 15) is 40.3 Å². The van der Waals surface area contributed by atoms with Gasteiger partial charge < -0.3 is 15.5 Å². The largest absolute Gasteiger partial charge is 0.416 e. The molecule has 2 aromatic rings. The molecule has 0 radical (unpaired) electrons. The summed E-state index contributed by atoms with van der Waals surface area (Å²) in [5.41, 5.74) is 3.45. The number of nitrogens with two attached hydrogens (primary N) is 1. The maximum absolute atomic E-state index is 13.9. The Labute approximate surface area is 214 Å². The molecule has 0 spiro atoms. The molecular weight excluding hydrogens is 519 g/mol. The van der Waals surface area contributed by atoms with Crippen LogP contribution in [0.4, 0.5) is 35.5 Å². The Morgan fingerprint density at radius 2 is 1.58 bits per heavy atom. The number of aryl methyl sites for hydroxylation is 1. The highest BCUT2D eigenvalue weighted by atomic mass is 19.4. The van der Waals surface area contributed by atoms with Crippen LogP contribution >= 0.6 is 0 Å². The second-order valence-electron chi connectivity index (χ2n) is 9.90. The summed E-state index contributed by atoms with van der Waals surface area (Å²) in [6, 6.07) is 4.35. The van der Waals surface area contributed by atoms with Gasteiger partial charge in [0.05, 0.1) is 11.1 Å². The molecule has 4 rings (SSSR count). The van der Waals surface area contributed by atoms with Crippen LogP contribution in [-0.4, -0.2) is 40.9 Å². The number of amides is 3. The number of piperidine rings is 1. The molecule has 38 heavy (non-hydrogen) atoms. The Hall–Kier alpha value is -3.31. The molecular formula is C26H26F7N3O2. The summed E-state index contributed by atoms with van der Waals surface area (Å²) in [5.74, 6) is -2.24. The van der Waals surface area contributed by atoms with Crippen molar-refractivity contribution in [2.45, 2.75) is 57.0 Å². The first-order valence-corrected chi connectivity index (χ1v) is 12.0. The first kappa shape index (κ1) is 27.7. The summed E-state index contributed by atoms with van der Waals surface area (Å²) < 4.78 is 94.1. The molecule has 1 aliphatic carbocycles. The third kappa shape index (κ3) is 6.05. The Bertz CT molecular complexity index is 1190. The van der Waals surface area contributed by atoms with Gasteiger partial charge in [-0.25, -0.2) is 9.18 Å². The van der Waals surface area contributed by atoms with E-state index in [1.807, 2.05) is 0 Å². The van der Waals surface area contributed by atoms with Gasteiger partial charge in [-0.15, -0.1) is 0 Å². The van der Waals surface area contributed by atoms with Crippen molar-refractivity contribution in [3.8, 4) is 0 Å². The minimum atomic E-state index is -5.00. The van der Waals surface area contributed by atoms with Gasteiger partial charge in [0.15, 0.2) is 0 Å². The second-order valence-corrected chi connectivity index (χ2v) is 9.90. The lowest BCUT2D eigenvalue weighted by atomic mass is 9.78. The van der Waals surface area contributed by atoms with Crippen LogP contribution in [0, 0.1) is 18.7 Å². The highest BCUT2D eigenvalue weighted by Crippen LogP contribution is 2.40. The van der Waals surface area contributed by atoms with E-state index in [0.717, 1.165) is 0 Å². The SMILES string of the molecule is Cc1cc(F)ccc1[C@@H]1CN(C(N)=O)CC[C@H]1C(=O)N(Cc1cc(C(F)(F)F)cc(C(F)(F)F)c1)C1CC1. The van der Waals surface area contributed by atoms with Crippen molar-refractivity contribution in [2.75, 3.05) is 13.1 Å². The van der Waals surface area contributed by atoms with Crippen LogP contribution in [-0.2, 0) is 23.7 Å². The Balaban J connectivity index is 1.69. The fourth-order valence-electron chi connectivity index (χ4n) is 5.11. The topological polar surface area (TPSA) is 66.6 Å². The summed E-state index contributed by atoms with van der Waals surface area (Å²) in [4.78, 5) is 28.4. The van der Waals surface area contributed by atoms with Crippen LogP contribution in [0.5, 0.6) is 0 Å². The lowest BCUT2D eigenvalue weighted by molar-refractivity contribution is -0.143. The molecule has 0 unspecified atom stereocenters. The smallest absolute Gasteiger partial charge is 0.351 e. The van der Waals surface area contributed by atoms with Gasteiger partial charge >= 0.3 is 18.4 Å². The zero-order valence-corrected chi connectivity index (χ0v) is 20.4. The average Bonchev–Trinajstić information content (AvgIpc) is 3.66. The quantitative estimate of drug-likeness (QED) is 0.480. The van der Waals surface area contributed by atoms with Gasteiger partial charge in [-0.1, -0.05) is 6.07 Å². The third-order valence-corrected chi connectivity index (χ3v) is 7.14. The summed E-state index contributed by atoms with van der Waals surface area (Å²) >= 11 is 0. The molecule has 12 heteroatoms. The molecule has 1 saturated carbocycles. The van der Waals surface area contributed by atoms with Crippen LogP contribution in [0.1, 0.15) is 53.0 Å². The normalized spacial score (nSPS) is 20.4. The summed E-state index contributed by atoms with van der Waals surface area (Å²) in [6.07, 6.45) is -8.69. The molecule has 1 saturated heterocycles. The van der Waals surface area contributed by atoms with E-state index in [2.05, 4.69) is 0 Å². The zero-order chi connectivity index (χ0) is 28.0. The van der Waals surface area contributed by atoms with Crippen molar-refractivity contribution >= 4 is 11.9 Å². The zero-order valence-electron chi connectivity index (χ0n) is 20.4. The number of benzene rings is 2. The number of nitrogens with zero attached hydrogens (tertiary/aromatic N) is 2. The van der Waals surface area contributed by atoms with Crippen molar-refractivity contribution in [2.24, 2.45) is 11.7 Å². The van der Waals surface area contributed by atoms with Crippen LogP contribution in [0.15, 0.2) is 36.4 Å². The van der Waals surface area contributed by atoms with Crippen LogP contribution in [0.3, 0.4) is 0 Å². The number of primary amides is 1.